The van der Waals surface area contributed by atoms with Crippen LogP contribution < -0.4 is 5.32 Å². The average Bonchev–Trinajstić information content (AvgIpc) is 1.82. The minimum Gasteiger partial charge on any atom is -0.308 e. The van der Waals surface area contributed by atoms with Crippen molar-refractivity contribution in [1.29, 1.82) is 0 Å². The van der Waals surface area contributed by atoms with E-state index in [-0.39, 0.29) is 19.0 Å². The molecule has 0 aromatic carbocycles. The summed E-state index contributed by atoms with van der Waals surface area (Å²) in [5, 5.41) is 2.55. The Morgan fingerprint density at radius 3 is 2.38 bits per heavy atom. The Morgan fingerprint density at radius 2 is 2.25 bits per heavy atom. The van der Waals surface area contributed by atoms with Crippen LogP contribution in [0.1, 0.15) is 6.42 Å². The number of hydrogen-bond donors (Lipinski definition) is 1. The number of alkyl halides is 2. The molecule has 3 heteroatoms. The Balaban J connectivity index is 2.44. The maximum absolute atomic E-state index is 12.1. The van der Waals surface area contributed by atoms with Gasteiger partial charge in [0.15, 0.2) is 0 Å². The fourth-order valence-electron chi connectivity index (χ4n) is 0.798. The molecule has 0 spiro atoms. The molecule has 0 unspecified atom stereocenters. The summed E-state index contributed by atoms with van der Waals surface area (Å²) in [6.45, 7) is 3.23. The molecule has 1 saturated heterocycles. The third kappa shape index (κ3) is 1.15. The monoisotopic (exact) mass is 120 g/mol. The second-order valence-electron chi connectivity index (χ2n) is 2.14. The zero-order valence-electron chi connectivity index (χ0n) is 4.45. The molecule has 0 aliphatic carbocycles. The van der Waals surface area contributed by atoms with Gasteiger partial charge in [0.1, 0.15) is 0 Å². The van der Waals surface area contributed by atoms with Gasteiger partial charge in [-0.15, -0.1) is 0 Å². The highest BCUT2D eigenvalue weighted by molar-refractivity contribution is 4.87. The van der Waals surface area contributed by atoms with Crippen molar-refractivity contribution in [2.75, 3.05) is 6.54 Å². The summed E-state index contributed by atoms with van der Waals surface area (Å²) >= 11 is 0. The van der Waals surface area contributed by atoms with Crippen molar-refractivity contribution < 1.29 is 8.78 Å². The largest absolute Gasteiger partial charge is 0.308 e. The standard InChI is InChI=1S/C5H8F2N/c1-4-2-5(6,7)3-8-4/h4,8H,1-3H2/t4-/m0/s1. The van der Waals surface area contributed by atoms with Gasteiger partial charge < -0.3 is 5.32 Å². The minimum atomic E-state index is -2.51. The molecule has 0 saturated carbocycles. The molecular formula is C5H8F2N. The smallest absolute Gasteiger partial charge is 0.261 e. The summed E-state index contributed by atoms with van der Waals surface area (Å²) in [5.41, 5.74) is 0. The van der Waals surface area contributed by atoms with Gasteiger partial charge in [-0.25, -0.2) is 8.78 Å². The minimum absolute atomic E-state index is 0.118. The van der Waals surface area contributed by atoms with Crippen LogP contribution in [-0.4, -0.2) is 18.5 Å². The molecule has 1 nitrogen and oxygen atoms in total. The maximum atomic E-state index is 12.1. The quantitative estimate of drug-likeness (QED) is 0.499. The summed E-state index contributed by atoms with van der Waals surface area (Å²) in [4.78, 5) is 0. The first kappa shape index (κ1) is 5.95. The number of rotatable bonds is 0. The normalized spacial score (nSPS) is 35.6. The zero-order valence-corrected chi connectivity index (χ0v) is 4.45. The second-order valence-corrected chi connectivity index (χ2v) is 2.14. The molecule has 1 N–H and O–H groups in total. The lowest BCUT2D eigenvalue weighted by Crippen LogP contribution is -2.20. The summed E-state index contributed by atoms with van der Waals surface area (Å²) in [6.07, 6.45) is -0.118. The van der Waals surface area contributed by atoms with E-state index in [4.69, 9.17) is 0 Å². The summed E-state index contributed by atoms with van der Waals surface area (Å²) in [5.74, 6) is -2.51. The fourth-order valence-corrected chi connectivity index (χ4v) is 0.798. The molecule has 0 amide bonds. The van der Waals surface area contributed by atoms with E-state index in [2.05, 4.69) is 12.2 Å². The molecule has 1 atom stereocenters. The number of hydrogen-bond acceptors (Lipinski definition) is 1. The Labute approximate surface area is 47.1 Å². The highest BCUT2D eigenvalue weighted by Gasteiger charge is 2.36. The van der Waals surface area contributed by atoms with Gasteiger partial charge in [-0.1, -0.05) is 0 Å². The highest BCUT2D eigenvalue weighted by Crippen LogP contribution is 2.23. The predicted octanol–water partition coefficient (Wildman–Crippen LogP) is 0.818. The molecule has 1 rings (SSSR count). The van der Waals surface area contributed by atoms with Crippen LogP contribution in [0.4, 0.5) is 8.78 Å². The van der Waals surface area contributed by atoms with Crippen LogP contribution >= 0.6 is 0 Å². The van der Waals surface area contributed by atoms with Gasteiger partial charge in [-0.2, -0.15) is 0 Å². The molecule has 0 aromatic rings. The van der Waals surface area contributed by atoms with E-state index in [1.807, 2.05) is 0 Å². The summed E-state index contributed by atoms with van der Waals surface area (Å²) < 4.78 is 24.2. The molecule has 1 heterocycles. The van der Waals surface area contributed by atoms with Crippen molar-refractivity contribution in [3.63, 3.8) is 0 Å². The third-order valence-electron chi connectivity index (χ3n) is 1.19. The van der Waals surface area contributed by atoms with Crippen LogP contribution in [0.25, 0.3) is 0 Å². The van der Waals surface area contributed by atoms with E-state index in [9.17, 15) is 8.78 Å². The molecule has 0 aromatic heterocycles. The van der Waals surface area contributed by atoms with E-state index in [1.54, 1.807) is 0 Å². The van der Waals surface area contributed by atoms with E-state index in [1.165, 1.54) is 0 Å². The molecule has 1 radical (unpaired) electrons. The number of nitrogens with one attached hydrogen (secondary N) is 1. The molecule has 1 fully saturated rings. The SMILES string of the molecule is [CH2][C@H]1CC(F)(F)CN1. The van der Waals surface area contributed by atoms with E-state index in [0.29, 0.717) is 0 Å². The van der Waals surface area contributed by atoms with Crippen molar-refractivity contribution in [1.82, 2.24) is 5.32 Å². The van der Waals surface area contributed by atoms with E-state index < -0.39 is 5.92 Å². The summed E-state index contributed by atoms with van der Waals surface area (Å²) in [6, 6.07) is -0.259. The van der Waals surface area contributed by atoms with E-state index in [0.717, 1.165) is 0 Å². The van der Waals surface area contributed by atoms with Gasteiger partial charge in [0.25, 0.3) is 5.92 Å². The average molecular weight is 120 g/mol. The van der Waals surface area contributed by atoms with Gasteiger partial charge in [0.2, 0.25) is 0 Å². The van der Waals surface area contributed by atoms with Crippen molar-refractivity contribution in [3.05, 3.63) is 6.92 Å². The van der Waals surface area contributed by atoms with Gasteiger partial charge in [0, 0.05) is 12.5 Å². The van der Waals surface area contributed by atoms with Crippen LogP contribution in [0, 0.1) is 6.92 Å². The van der Waals surface area contributed by atoms with E-state index >= 15 is 0 Å². The van der Waals surface area contributed by atoms with Crippen molar-refractivity contribution in [2.24, 2.45) is 0 Å². The first-order chi connectivity index (χ1) is 3.60. The summed E-state index contributed by atoms with van der Waals surface area (Å²) in [7, 11) is 0. The number of halogens is 2. The van der Waals surface area contributed by atoms with Crippen molar-refractivity contribution >= 4 is 0 Å². The molecule has 0 bridgehead atoms. The molecular weight excluding hydrogens is 112 g/mol. The lowest BCUT2D eigenvalue weighted by molar-refractivity contribution is 0.0222. The topological polar surface area (TPSA) is 12.0 Å². The van der Waals surface area contributed by atoms with Crippen LogP contribution in [0.2, 0.25) is 0 Å². The lowest BCUT2D eigenvalue weighted by atomic mass is 10.2. The van der Waals surface area contributed by atoms with Crippen LogP contribution in [0.5, 0.6) is 0 Å². The fraction of sp³-hybridized carbons (Fsp3) is 0.800. The Kier molecular flexibility index (Phi) is 1.23. The Morgan fingerprint density at radius 1 is 1.62 bits per heavy atom. The van der Waals surface area contributed by atoms with Gasteiger partial charge in [-0.05, 0) is 6.92 Å². The van der Waals surface area contributed by atoms with Crippen molar-refractivity contribution in [3.8, 4) is 0 Å². The van der Waals surface area contributed by atoms with Gasteiger partial charge in [-0.3, -0.25) is 0 Å². The third-order valence-corrected chi connectivity index (χ3v) is 1.19. The Bertz CT molecular complexity index is 92.4. The predicted molar refractivity (Wildman–Crippen MR) is 26.7 cm³/mol. The second kappa shape index (κ2) is 1.65. The van der Waals surface area contributed by atoms with Crippen molar-refractivity contribution in [2.45, 2.75) is 18.4 Å². The molecule has 8 heavy (non-hydrogen) atoms. The molecule has 47 valence electrons. The molecule has 1 aliphatic rings. The van der Waals surface area contributed by atoms with Crippen LogP contribution in [0.3, 0.4) is 0 Å². The molecule has 1 aliphatic heterocycles. The van der Waals surface area contributed by atoms with Gasteiger partial charge in [0.05, 0.1) is 6.54 Å². The first-order valence-corrected chi connectivity index (χ1v) is 2.54. The lowest BCUT2D eigenvalue weighted by Gasteiger charge is -2.03. The Hall–Kier alpha value is -0.180. The van der Waals surface area contributed by atoms with Crippen LogP contribution in [-0.2, 0) is 0 Å². The maximum Gasteiger partial charge on any atom is 0.261 e. The zero-order chi connectivity index (χ0) is 6.20. The highest BCUT2D eigenvalue weighted by atomic mass is 19.3. The van der Waals surface area contributed by atoms with Gasteiger partial charge >= 0.3 is 0 Å². The van der Waals surface area contributed by atoms with Crippen LogP contribution in [0.15, 0.2) is 0 Å². The first-order valence-electron chi connectivity index (χ1n) is 2.54.